The van der Waals surface area contributed by atoms with Gasteiger partial charge in [0.2, 0.25) is 0 Å². The van der Waals surface area contributed by atoms with Crippen molar-refractivity contribution in [1.29, 1.82) is 0 Å². The summed E-state index contributed by atoms with van der Waals surface area (Å²) in [5.74, 6) is 0. The molecule has 1 rings (SSSR count). The van der Waals surface area contributed by atoms with Crippen LogP contribution in [0, 0.1) is 0 Å². The predicted octanol–water partition coefficient (Wildman–Crippen LogP) is 2.57. The van der Waals surface area contributed by atoms with Crippen LogP contribution in [0.25, 0.3) is 0 Å². The van der Waals surface area contributed by atoms with Crippen molar-refractivity contribution in [3.63, 3.8) is 0 Å². The monoisotopic (exact) mass is 214 g/mol. The van der Waals surface area contributed by atoms with Crippen molar-refractivity contribution in [2.45, 2.75) is 25.5 Å². The molecule has 0 saturated carbocycles. The predicted molar refractivity (Wildman–Crippen MR) is 61.9 cm³/mol. The summed E-state index contributed by atoms with van der Waals surface area (Å²) in [5.41, 5.74) is -0.0522. The minimum absolute atomic E-state index is 0.0522. The average Bonchev–Trinajstić information content (AvgIpc) is 2.32. The Labute approximate surface area is 94.7 Å². The van der Waals surface area contributed by atoms with Crippen molar-refractivity contribution in [3.05, 3.63) is 35.8 Å². The van der Waals surface area contributed by atoms with Gasteiger partial charge in [-0.15, -0.1) is 0 Å². The van der Waals surface area contributed by atoms with Crippen LogP contribution in [-0.4, -0.2) is 15.2 Å². The van der Waals surface area contributed by atoms with Gasteiger partial charge < -0.3 is 0 Å². The van der Waals surface area contributed by atoms with E-state index in [0.29, 0.717) is 0 Å². The van der Waals surface area contributed by atoms with Gasteiger partial charge in [0.15, 0.2) is 0 Å². The zero-order chi connectivity index (χ0) is 15.0. The van der Waals surface area contributed by atoms with Crippen LogP contribution < -0.4 is 0 Å². The van der Waals surface area contributed by atoms with Crippen LogP contribution in [0.4, 0.5) is 0 Å². The van der Waals surface area contributed by atoms with Gasteiger partial charge in [-0.25, -0.2) is 4.21 Å². The maximum Gasteiger partial charge on any atom is 0.144 e. The fourth-order valence-corrected chi connectivity index (χ4v) is 1.10. The zero-order valence-electron chi connectivity index (χ0n) is 13.3. The zero-order valence-corrected chi connectivity index (χ0v) is 9.16. The summed E-state index contributed by atoms with van der Waals surface area (Å²) in [4.78, 5) is 0. The van der Waals surface area contributed by atoms with Crippen molar-refractivity contribution in [2.24, 2.45) is 4.40 Å². The highest BCUT2D eigenvalue weighted by molar-refractivity contribution is 7.85. The van der Waals surface area contributed by atoms with Crippen molar-refractivity contribution in [3.8, 4) is 0 Å². The molecule has 0 aliphatic rings. The highest BCUT2D eigenvalue weighted by Gasteiger charge is 2.17. The topological polar surface area (TPSA) is 29.4 Å². The third-order valence-corrected chi connectivity index (χ3v) is 2.67. The second kappa shape index (κ2) is 4.51. The molecule has 0 saturated heterocycles. The number of nitrogens with zero attached hydrogens (tertiary/aromatic N) is 1. The lowest BCUT2D eigenvalue weighted by Gasteiger charge is -2.12. The molecule has 3 heteroatoms. The van der Waals surface area contributed by atoms with Crippen LogP contribution in [0.1, 0.15) is 33.2 Å². The van der Waals surface area contributed by atoms with E-state index < -0.39 is 33.9 Å². The van der Waals surface area contributed by atoms with Crippen LogP contribution >= 0.6 is 0 Å². The number of hydrogen-bond acceptors (Lipinski definition) is 1. The normalized spacial score (nSPS) is 19.5. The molecule has 0 aromatic heterocycles. The molecule has 0 amide bonds. The van der Waals surface area contributed by atoms with Gasteiger partial charge in [-0.2, -0.15) is 4.40 Å². The third kappa shape index (κ3) is 3.42. The summed E-state index contributed by atoms with van der Waals surface area (Å²) in [5, 5.41) is 0. The van der Waals surface area contributed by atoms with Crippen LogP contribution in [0.5, 0.6) is 0 Å². The van der Waals surface area contributed by atoms with Crippen LogP contribution in [0.2, 0.25) is 0 Å². The largest absolute Gasteiger partial charge is 0.234 e. The first-order chi connectivity index (χ1) is 8.57. The molecule has 1 aromatic rings. The van der Waals surface area contributed by atoms with E-state index in [9.17, 15) is 4.21 Å². The molecule has 0 radical (unpaired) electrons. The second-order valence-corrected chi connectivity index (χ2v) is 5.57. The maximum absolute atomic E-state index is 11.8. The molecule has 76 valence electrons. The van der Waals surface area contributed by atoms with Gasteiger partial charge in [-0.05, 0) is 26.3 Å². The molecule has 0 fully saturated rings. The molecule has 1 aromatic carbocycles. The molecule has 2 nitrogen and oxygen atoms in total. The molecule has 0 heterocycles. The summed E-state index contributed by atoms with van der Waals surface area (Å²) in [7, 11) is -1.54. The van der Waals surface area contributed by atoms with E-state index in [4.69, 9.17) is 6.85 Å². The molecular formula is C11H15NOS. The smallest absolute Gasteiger partial charge is 0.144 e. The molecule has 0 spiro atoms. The third-order valence-electron chi connectivity index (χ3n) is 1.32. The van der Waals surface area contributed by atoms with Crippen LogP contribution in [0.15, 0.2) is 34.6 Å². The second-order valence-electron chi connectivity index (χ2n) is 3.63. The Morgan fingerprint density at radius 3 is 2.43 bits per heavy atom. The Bertz CT molecular complexity index is 536. The van der Waals surface area contributed by atoms with Gasteiger partial charge in [-0.1, -0.05) is 30.2 Å². The fraction of sp³-hybridized carbons (Fsp3) is 0.364. The van der Waals surface area contributed by atoms with Gasteiger partial charge in [0.05, 0.1) is 11.6 Å². The molecule has 14 heavy (non-hydrogen) atoms. The summed E-state index contributed by atoms with van der Waals surface area (Å²) < 4.78 is 52.8. The maximum atomic E-state index is 11.8. The summed E-state index contributed by atoms with van der Waals surface area (Å²) >= 11 is 0. The van der Waals surface area contributed by atoms with Gasteiger partial charge in [-0.3, -0.25) is 0 Å². The Morgan fingerprint density at radius 2 is 1.93 bits per heavy atom. The lowest BCUT2D eigenvalue weighted by atomic mass is 10.2. The lowest BCUT2D eigenvalue weighted by Crippen LogP contribution is -2.19. The first-order valence-corrected chi connectivity index (χ1v) is 5.21. The van der Waals surface area contributed by atoms with Crippen molar-refractivity contribution in [1.82, 2.24) is 0 Å². The number of benzene rings is 1. The summed E-state index contributed by atoms with van der Waals surface area (Å²) in [6, 6.07) is -2.00. The number of rotatable bonds is 2. The summed E-state index contributed by atoms with van der Waals surface area (Å²) in [6.45, 7) is 5.22. The molecule has 1 atom stereocenters. The molecule has 0 aliphatic heterocycles. The first-order valence-electron chi connectivity index (χ1n) is 6.60. The van der Waals surface area contributed by atoms with Crippen molar-refractivity contribution < 1.29 is 11.1 Å². The standard InChI is InChI=1S/C11H15NOS/c1-11(2,3)14(13)12-9-10-7-5-4-6-8-10/h4-9H,1-3H3/t14-/m1/s1/i4D,5D,6D,7D,8D. The molecule has 0 unspecified atom stereocenters. The minimum atomic E-state index is -1.54. The lowest BCUT2D eigenvalue weighted by molar-refractivity contribution is 0.651. The minimum Gasteiger partial charge on any atom is -0.234 e. The van der Waals surface area contributed by atoms with Crippen molar-refractivity contribution >= 4 is 17.2 Å². The Kier molecular flexibility index (Phi) is 1.87. The molecule has 0 N–H and O–H groups in total. The quantitative estimate of drug-likeness (QED) is 0.696. The average molecular weight is 214 g/mol. The van der Waals surface area contributed by atoms with Gasteiger partial charge in [0, 0.05) is 6.21 Å². The SMILES string of the molecule is [2H]c1c([2H])c([2H])c(C=N[S@](=O)C(C)(C)C)c([2H])c1[2H]. The number of hydrogen-bond donors (Lipinski definition) is 0. The van der Waals surface area contributed by atoms with E-state index in [2.05, 4.69) is 4.40 Å². The van der Waals surface area contributed by atoms with E-state index in [0.717, 1.165) is 6.21 Å². The van der Waals surface area contributed by atoms with E-state index in [1.165, 1.54) is 0 Å². The highest BCUT2D eigenvalue weighted by Crippen LogP contribution is 2.11. The van der Waals surface area contributed by atoms with E-state index in [1.54, 1.807) is 20.8 Å². The van der Waals surface area contributed by atoms with Crippen LogP contribution in [-0.2, 0) is 11.0 Å². The molecular weight excluding hydrogens is 194 g/mol. The van der Waals surface area contributed by atoms with Crippen LogP contribution in [0.3, 0.4) is 0 Å². The van der Waals surface area contributed by atoms with Gasteiger partial charge in [0.1, 0.15) is 11.0 Å². The fourth-order valence-electron chi connectivity index (χ4n) is 0.583. The van der Waals surface area contributed by atoms with Gasteiger partial charge >= 0.3 is 0 Å². The Balaban J connectivity index is 3.31. The highest BCUT2D eigenvalue weighted by atomic mass is 32.2. The van der Waals surface area contributed by atoms with E-state index >= 15 is 0 Å². The first kappa shape index (κ1) is 5.81. The van der Waals surface area contributed by atoms with Gasteiger partial charge in [0.25, 0.3) is 0 Å². The Morgan fingerprint density at radius 1 is 1.36 bits per heavy atom. The van der Waals surface area contributed by atoms with Crippen molar-refractivity contribution in [2.75, 3.05) is 0 Å². The summed E-state index contributed by atoms with van der Waals surface area (Å²) in [6.07, 6.45) is 1.08. The Hall–Kier alpha value is -0.960. The molecule has 0 bridgehead atoms. The molecule has 0 aliphatic carbocycles. The van der Waals surface area contributed by atoms with E-state index in [1.807, 2.05) is 0 Å². The van der Waals surface area contributed by atoms with E-state index in [-0.39, 0.29) is 17.6 Å².